The first kappa shape index (κ1) is 11.3. The maximum absolute atomic E-state index is 11.7. The van der Waals surface area contributed by atoms with Gasteiger partial charge < -0.3 is 4.55 Å². The number of aromatic nitrogens is 2. The van der Waals surface area contributed by atoms with Gasteiger partial charge >= 0.3 is 0 Å². The molecule has 1 heterocycles. The first-order valence-corrected chi connectivity index (χ1v) is 5.49. The van der Waals surface area contributed by atoms with Gasteiger partial charge in [-0.2, -0.15) is 5.10 Å². The fourth-order valence-corrected chi connectivity index (χ4v) is 1.39. The van der Waals surface area contributed by atoms with Gasteiger partial charge in [-0.15, -0.1) is 0 Å². The van der Waals surface area contributed by atoms with Crippen molar-refractivity contribution in [2.24, 2.45) is 4.40 Å². The zero-order valence-corrected chi connectivity index (χ0v) is 9.68. The summed E-state index contributed by atoms with van der Waals surface area (Å²) in [7, 11) is 0. The highest BCUT2D eigenvalue weighted by Gasteiger charge is 2.26. The van der Waals surface area contributed by atoms with Crippen LogP contribution in [0.3, 0.4) is 0 Å². The van der Waals surface area contributed by atoms with Gasteiger partial charge in [0, 0.05) is 6.20 Å². The number of aromatic amines is 1. The van der Waals surface area contributed by atoms with Crippen LogP contribution in [0.5, 0.6) is 0 Å². The van der Waals surface area contributed by atoms with Crippen LogP contribution < -0.4 is 0 Å². The molecule has 0 fully saturated rings. The van der Waals surface area contributed by atoms with Crippen LogP contribution in [-0.2, 0) is 11.4 Å². The molecule has 14 heavy (non-hydrogen) atoms. The van der Waals surface area contributed by atoms with Crippen LogP contribution in [-0.4, -0.2) is 25.2 Å². The van der Waals surface area contributed by atoms with Crippen LogP contribution >= 0.6 is 0 Å². The van der Waals surface area contributed by atoms with Crippen LogP contribution in [0, 0.1) is 0 Å². The molecule has 0 aliphatic rings. The fourth-order valence-electron chi connectivity index (χ4n) is 0.768. The summed E-state index contributed by atoms with van der Waals surface area (Å²) < 4.78 is 15.4. The fraction of sp³-hybridized carbons (Fsp3) is 0.556. The van der Waals surface area contributed by atoms with E-state index in [4.69, 9.17) is 0 Å². The number of nitrogens with zero attached hydrogens (tertiary/aromatic N) is 2. The molecule has 0 aliphatic heterocycles. The predicted molar refractivity (Wildman–Crippen MR) is 58.7 cm³/mol. The molecule has 78 valence electrons. The highest BCUT2D eigenvalue weighted by molar-refractivity contribution is 7.91. The topological polar surface area (TPSA) is 64.1 Å². The second-order valence-electron chi connectivity index (χ2n) is 4.01. The highest BCUT2D eigenvalue weighted by atomic mass is 32.2. The standard InChI is InChI=1S/C9H15N3OS/c1-7(8-5-6-10-11-8)12-14(13)9(2,3)4/h5-6H,1-4H3,(H,10,11). The van der Waals surface area contributed by atoms with Gasteiger partial charge in [0.1, 0.15) is 21.8 Å². The molecule has 1 unspecified atom stereocenters. The Morgan fingerprint density at radius 2 is 2.21 bits per heavy atom. The minimum atomic E-state index is -1.21. The lowest BCUT2D eigenvalue weighted by Gasteiger charge is -2.18. The first-order chi connectivity index (χ1) is 6.41. The van der Waals surface area contributed by atoms with Gasteiger partial charge in [0.2, 0.25) is 0 Å². The molecule has 0 aromatic carbocycles. The maximum Gasteiger partial charge on any atom is 0.144 e. The Kier molecular flexibility index (Phi) is 3.34. The third kappa shape index (κ3) is 2.85. The van der Waals surface area contributed by atoms with Crippen LogP contribution in [0.4, 0.5) is 0 Å². The Morgan fingerprint density at radius 1 is 1.57 bits per heavy atom. The molecule has 1 rings (SSSR count). The molecule has 1 aromatic rings. The molecule has 5 heteroatoms. The molecule has 0 bridgehead atoms. The van der Waals surface area contributed by atoms with Crippen molar-refractivity contribution >= 4 is 17.1 Å². The average Bonchev–Trinajstić information content (AvgIpc) is 2.53. The predicted octanol–water partition coefficient (Wildman–Crippen LogP) is 1.68. The van der Waals surface area contributed by atoms with Crippen molar-refractivity contribution in [3.63, 3.8) is 0 Å². The Labute approximate surface area is 87.1 Å². The van der Waals surface area contributed by atoms with E-state index < -0.39 is 11.4 Å². The minimum absolute atomic E-state index is 0.318. The van der Waals surface area contributed by atoms with Gasteiger partial charge in [0.25, 0.3) is 0 Å². The molecular weight excluding hydrogens is 198 g/mol. The van der Waals surface area contributed by atoms with E-state index in [1.807, 2.05) is 27.7 Å². The summed E-state index contributed by atoms with van der Waals surface area (Å²) in [6.07, 6.45) is 1.65. The van der Waals surface area contributed by atoms with E-state index in [2.05, 4.69) is 14.6 Å². The van der Waals surface area contributed by atoms with E-state index in [-0.39, 0.29) is 4.75 Å². The second-order valence-corrected chi connectivity index (χ2v) is 5.91. The number of nitrogens with one attached hydrogen (secondary N) is 1. The number of hydrogen-bond acceptors (Lipinski definition) is 3. The summed E-state index contributed by atoms with van der Waals surface area (Å²) in [4.78, 5) is 0. The average molecular weight is 213 g/mol. The van der Waals surface area contributed by atoms with Gasteiger partial charge in [0.05, 0.1) is 5.69 Å². The largest absolute Gasteiger partial charge is 0.591 e. The lowest BCUT2D eigenvalue weighted by atomic mass is 10.3. The lowest BCUT2D eigenvalue weighted by molar-refractivity contribution is 0.561. The molecule has 0 amide bonds. The Bertz CT molecular complexity index is 313. The van der Waals surface area contributed by atoms with E-state index >= 15 is 0 Å². The van der Waals surface area contributed by atoms with Crippen LogP contribution in [0.1, 0.15) is 33.4 Å². The van der Waals surface area contributed by atoms with E-state index in [9.17, 15) is 4.55 Å². The SMILES string of the molecule is CC(=N[S+]([O-])C(C)(C)C)c1ccn[nH]1. The smallest absolute Gasteiger partial charge is 0.144 e. The van der Waals surface area contributed by atoms with Gasteiger partial charge in [-0.05, 0) is 33.8 Å². The van der Waals surface area contributed by atoms with Crippen molar-refractivity contribution in [2.45, 2.75) is 32.4 Å². The quantitative estimate of drug-likeness (QED) is 0.600. The highest BCUT2D eigenvalue weighted by Crippen LogP contribution is 2.17. The van der Waals surface area contributed by atoms with Crippen LogP contribution in [0.15, 0.2) is 16.7 Å². The number of H-pyrrole nitrogens is 1. The number of hydrogen-bond donors (Lipinski definition) is 1. The molecule has 0 radical (unpaired) electrons. The van der Waals surface area contributed by atoms with Crippen LogP contribution in [0.2, 0.25) is 0 Å². The summed E-state index contributed by atoms with van der Waals surface area (Å²) in [5.74, 6) is 0. The van der Waals surface area contributed by atoms with Crippen molar-refractivity contribution in [2.75, 3.05) is 0 Å². The Balaban J connectivity index is 2.79. The van der Waals surface area contributed by atoms with Gasteiger partial charge in [-0.3, -0.25) is 5.10 Å². The summed E-state index contributed by atoms with van der Waals surface area (Å²) in [5.41, 5.74) is 1.53. The van der Waals surface area contributed by atoms with E-state index in [1.54, 1.807) is 12.3 Å². The van der Waals surface area contributed by atoms with Gasteiger partial charge in [-0.25, -0.2) is 0 Å². The lowest BCUT2D eigenvalue weighted by Crippen LogP contribution is -2.26. The molecule has 1 atom stereocenters. The maximum atomic E-state index is 11.7. The summed E-state index contributed by atoms with van der Waals surface area (Å²) >= 11 is -1.21. The third-order valence-electron chi connectivity index (χ3n) is 1.63. The number of rotatable bonds is 2. The molecule has 1 aromatic heterocycles. The van der Waals surface area contributed by atoms with E-state index in [1.165, 1.54) is 0 Å². The zero-order chi connectivity index (χ0) is 10.8. The molecule has 4 nitrogen and oxygen atoms in total. The normalized spacial score (nSPS) is 15.6. The minimum Gasteiger partial charge on any atom is -0.591 e. The zero-order valence-electron chi connectivity index (χ0n) is 8.87. The van der Waals surface area contributed by atoms with E-state index in [0.717, 1.165) is 11.4 Å². The molecule has 0 spiro atoms. The van der Waals surface area contributed by atoms with Crippen LogP contribution in [0.25, 0.3) is 0 Å². The van der Waals surface area contributed by atoms with Gasteiger partial charge in [0.15, 0.2) is 0 Å². The first-order valence-electron chi connectivity index (χ1n) is 4.38. The summed E-state index contributed by atoms with van der Waals surface area (Å²) in [6.45, 7) is 7.50. The monoisotopic (exact) mass is 213 g/mol. The molecule has 0 saturated carbocycles. The van der Waals surface area contributed by atoms with Crippen molar-refractivity contribution in [1.29, 1.82) is 0 Å². The molecular formula is C9H15N3OS. The van der Waals surface area contributed by atoms with Crippen molar-refractivity contribution in [3.8, 4) is 0 Å². The second kappa shape index (κ2) is 4.14. The summed E-state index contributed by atoms with van der Waals surface area (Å²) in [6, 6.07) is 1.80. The molecule has 0 aliphatic carbocycles. The summed E-state index contributed by atoms with van der Waals surface area (Å²) in [5, 5.41) is 6.59. The van der Waals surface area contributed by atoms with Crippen molar-refractivity contribution < 1.29 is 4.55 Å². The third-order valence-corrected chi connectivity index (χ3v) is 3.12. The Hall–Kier alpha value is -0.810. The Morgan fingerprint density at radius 3 is 2.64 bits per heavy atom. The van der Waals surface area contributed by atoms with Crippen molar-refractivity contribution in [3.05, 3.63) is 18.0 Å². The van der Waals surface area contributed by atoms with E-state index in [0.29, 0.717) is 0 Å². The van der Waals surface area contributed by atoms with Crippen molar-refractivity contribution in [1.82, 2.24) is 10.2 Å². The molecule has 0 saturated heterocycles. The molecule has 1 N–H and O–H groups in total. The van der Waals surface area contributed by atoms with Gasteiger partial charge in [-0.1, -0.05) is 4.40 Å².